The molecule has 1 N–H and O–H groups in total. The quantitative estimate of drug-likeness (QED) is 0.842. The van der Waals surface area contributed by atoms with E-state index in [0.717, 1.165) is 0 Å². The van der Waals surface area contributed by atoms with Crippen LogP contribution in [-0.2, 0) is 0 Å². The molecule has 132 valence electrons. The predicted octanol–water partition coefficient (Wildman–Crippen LogP) is 3.86. The van der Waals surface area contributed by atoms with Gasteiger partial charge in [0.15, 0.2) is 0 Å². The van der Waals surface area contributed by atoms with Gasteiger partial charge in [0.05, 0.1) is 23.2 Å². The zero-order valence-corrected chi connectivity index (χ0v) is 13.3. The van der Waals surface area contributed by atoms with Crippen LogP contribution in [0.15, 0.2) is 34.5 Å². The first-order valence-electron chi connectivity index (χ1n) is 7.52. The third-order valence-electron chi connectivity index (χ3n) is 4.31. The second-order valence-electron chi connectivity index (χ2n) is 5.76. The molecule has 0 spiro atoms. The Morgan fingerprint density at radius 2 is 1.88 bits per heavy atom. The summed E-state index contributed by atoms with van der Waals surface area (Å²) in [5.74, 6) is -2.77. The molecule has 0 aliphatic carbocycles. The number of allylic oxidation sites excluding steroid dienone is 2. The van der Waals surface area contributed by atoms with Gasteiger partial charge in [-0.05, 0) is 24.6 Å². The second kappa shape index (κ2) is 6.60. The zero-order chi connectivity index (χ0) is 19.0. The van der Waals surface area contributed by atoms with Crippen LogP contribution in [0.2, 0.25) is 0 Å². The maximum Gasteiger partial charge on any atom is 0.281 e. The van der Waals surface area contributed by atoms with Crippen molar-refractivity contribution in [3.8, 4) is 12.1 Å². The summed E-state index contributed by atoms with van der Waals surface area (Å²) in [5.41, 5.74) is -0.854. The average Bonchev–Trinajstić information content (AvgIpc) is 2.99. The number of hydrogen-bond donors (Lipinski definition) is 1. The van der Waals surface area contributed by atoms with Gasteiger partial charge in [-0.15, -0.1) is 0 Å². The molecule has 0 radical (unpaired) electrons. The molecule has 1 aliphatic rings. The normalized spacial score (nSPS) is 20.4. The monoisotopic (exact) mass is 361 g/mol. The highest BCUT2D eigenvalue weighted by atomic mass is 19.3. The minimum absolute atomic E-state index is 0.302. The fourth-order valence-electron chi connectivity index (χ4n) is 3.09. The number of hydrogen-bond acceptors (Lipinski definition) is 4. The molecule has 0 saturated heterocycles. The Labute approximate surface area is 145 Å². The predicted molar refractivity (Wildman–Crippen MR) is 84.8 cm³/mol. The van der Waals surface area contributed by atoms with Crippen molar-refractivity contribution in [3.05, 3.63) is 40.7 Å². The van der Waals surface area contributed by atoms with Crippen LogP contribution >= 0.6 is 0 Å². The van der Waals surface area contributed by atoms with E-state index in [4.69, 9.17) is 0 Å². The molecule has 5 nitrogen and oxygen atoms in total. The molecular weight excluding hydrogens is 350 g/mol. The lowest BCUT2D eigenvalue weighted by Crippen LogP contribution is -2.32. The second-order valence-corrected chi connectivity index (χ2v) is 5.76. The van der Waals surface area contributed by atoms with Crippen molar-refractivity contribution in [3.63, 3.8) is 0 Å². The van der Waals surface area contributed by atoms with E-state index in [1.807, 2.05) is 0 Å². The molecular formula is C17H11F4N5. The van der Waals surface area contributed by atoms with Crippen LogP contribution in [0.4, 0.5) is 17.6 Å². The molecule has 1 aliphatic heterocycles. The molecule has 26 heavy (non-hydrogen) atoms. The molecule has 2 atom stereocenters. The summed E-state index contributed by atoms with van der Waals surface area (Å²) in [6.45, 7) is 1.74. The number of nitrogens with one attached hydrogen (secondary N) is 1. The van der Waals surface area contributed by atoms with Crippen LogP contribution in [0.5, 0.6) is 0 Å². The summed E-state index contributed by atoms with van der Waals surface area (Å²) in [5, 5.41) is 26.2. The molecule has 0 amide bonds. The van der Waals surface area contributed by atoms with Crippen molar-refractivity contribution in [1.82, 2.24) is 10.2 Å². The molecule has 9 heteroatoms. The van der Waals surface area contributed by atoms with E-state index < -0.39 is 41.7 Å². The first kappa shape index (κ1) is 17.6. The molecule has 2 heterocycles. The lowest BCUT2D eigenvalue weighted by Gasteiger charge is -2.28. The Morgan fingerprint density at radius 3 is 2.46 bits per heavy atom. The lowest BCUT2D eigenvalue weighted by atomic mass is 9.76. The maximum absolute atomic E-state index is 13.3. The van der Waals surface area contributed by atoms with Crippen LogP contribution < -0.4 is 0 Å². The van der Waals surface area contributed by atoms with Crippen LogP contribution in [0.3, 0.4) is 0 Å². The van der Waals surface area contributed by atoms with Gasteiger partial charge in [-0.1, -0.05) is 6.07 Å². The standard InChI is InChI=1S/C17H11F4N5/c1-7-9-4-8(2-3-12(9)26-25-7)13-10(5-22)14(16(18)19)24-15(17(20)21)11(13)6-23/h2-4,10,13,16-17H,1H3,(H,25,26). The van der Waals surface area contributed by atoms with Gasteiger partial charge < -0.3 is 0 Å². The first-order valence-corrected chi connectivity index (χ1v) is 7.52. The van der Waals surface area contributed by atoms with Crippen molar-refractivity contribution >= 4 is 16.6 Å². The molecule has 1 aromatic carbocycles. The molecule has 0 saturated carbocycles. The van der Waals surface area contributed by atoms with Crippen molar-refractivity contribution in [2.75, 3.05) is 0 Å². The van der Waals surface area contributed by atoms with Crippen LogP contribution in [0, 0.1) is 35.5 Å². The number of nitrogens with zero attached hydrogens (tertiary/aromatic N) is 4. The Bertz CT molecular complexity index is 1010. The van der Waals surface area contributed by atoms with E-state index >= 15 is 0 Å². The van der Waals surface area contributed by atoms with E-state index in [1.54, 1.807) is 31.2 Å². The molecule has 0 bridgehead atoms. The van der Waals surface area contributed by atoms with Gasteiger partial charge in [-0.3, -0.25) is 5.10 Å². The summed E-state index contributed by atoms with van der Waals surface area (Å²) in [6.07, 6.45) is -6.39. The Hall–Kier alpha value is -3.20. The highest BCUT2D eigenvalue weighted by Gasteiger charge is 2.41. The van der Waals surface area contributed by atoms with Crippen LogP contribution in [0.25, 0.3) is 10.9 Å². The Balaban J connectivity index is 2.27. The molecule has 2 aromatic rings. The largest absolute Gasteiger partial charge is 0.282 e. The fraction of sp³-hybridized carbons (Fsp3) is 0.294. The summed E-state index contributed by atoms with van der Waals surface area (Å²) < 4.78 is 53.3. The smallest absolute Gasteiger partial charge is 0.281 e. The number of aromatic nitrogens is 2. The van der Waals surface area contributed by atoms with Gasteiger partial charge in [-0.25, -0.2) is 22.6 Å². The molecule has 2 unspecified atom stereocenters. The first-order chi connectivity index (χ1) is 12.4. The van der Waals surface area contributed by atoms with E-state index in [2.05, 4.69) is 15.2 Å². The Kier molecular flexibility index (Phi) is 4.47. The highest BCUT2D eigenvalue weighted by Crippen LogP contribution is 2.41. The summed E-state index contributed by atoms with van der Waals surface area (Å²) >= 11 is 0. The maximum atomic E-state index is 13.3. The van der Waals surface area contributed by atoms with E-state index in [-0.39, 0.29) is 0 Å². The van der Waals surface area contributed by atoms with Gasteiger partial charge in [0.2, 0.25) is 0 Å². The Morgan fingerprint density at radius 1 is 1.15 bits per heavy atom. The number of aliphatic imine (C=N–C) groups is 1. The number of halogens is 4. The summed E-state index contributed by atoms with van der Waals surface area (Å²) in [7, 11) is 0. The van der Waals surface area contributed by atoms with E-state index in [9.17, 15) is 28.1 Å². The minimum atomic E-state index is -3.21. The number of aromatic amines is 1. The minimum Gasteiger partial charge on any atom is -0.282 e. The van der Waals surface area contributed by atoms with E-state index in [1.165, 1.54) is 6.07 Å². The molecule has 0 fully saturated rings. The average molecular weight is 361 g/mol. The number of rotatable bonds is 3. The SMILES string of the molecule is Cc1[nH]nc2ccc(C3C(C#N)=C(C(F)F)N=C(C(F)F)C3C#N)cc12. The van der Waals surface area contributed by atoms with Crippen LogP contribution in [-0.4, -0.2) is 28.8 Å². The number of aryl methyl sites for hydroxylation is 1. The highest BCUT2D eigenvalue weighted by molar-refractivity contribution is 5.95. The lowest BCUT2D eigenvalue weighted by molar-refractivity contribution is 0.182. The third kappa shape index (κ3) is 2.72. The molecule has 1 aromatic heterocycles. The van der Waals surface area contributed by atoms with Crippen molar-refractivity contribution in [2.24, 2.45) is 10.9 Å². The van der Waals surface area contributed by atoms with Crippen LogP contribution in [0.1, 0.15) is 17.2 Å². The van der Waals surface area contributed by atoms with Gasteiger partial charge in [-0.2, -0.15) is 15.6 Å². The van der Waals surface area contributed by atoms with E-state index in [0.29, 0.717) is 22.2 Å². The third-order valence-corrected chi connectivity index (χ3v) is 4.31. The van der Waals surface area contributed by atoms with Gasteiger partial charge in [0, 0.05) is 17.0 Å². The summed E-state index contributed by atoms with van der Waals surface area (Å²) in [6, 6.07) is 7.97. The number of fused-ring (bicyclic) bond motifs is 1. The molecule has 3 rings (SSSR count). The number of benzene rings is 1. The number of nitriles is 2. The fourth-order valence-corrected chi connectivity index (χ4v) is 3.09. The van der Waals surface area contributed by atoms with Gasteiger partial charge >= 0.3 is 0 Å². The zero-order valence-electron chi connectivity index (χ0n) is 13.3. The van der Waals surface area contributed by atoms with Crippen molar-refractivity contribution in [2.45, 2.75) is 25.7 Å². The number of alkyl halides is 4. The topological polar surface area (TPSA) is 88.6 Å². The number of H-pyrrole nitrogens is 1. The van der Waals surface area contributed by atoms with Crippen molar-refractivity contribution in [1.29, 1.82) is 10.5 Å². The summed E-state index contributed by atoms with van der Waals surface area (Å²) in [4.78, 5) is 3.26. The van der Waals surface area contributed by atoms with Crippen molar-refractivity contribution < 1.29 is 17.6 Å². The van der Waals surface area contributed by atoms with Gasteiger partial charge in [0.25, 0.3) is 12.9 Å². The van der Waals surface area contributed by atoms with Gasteiger partial charge in [0.1, 0.15) is 17.3 Å².